The van der Waals surface area contributed by atoms with Crippen LogP contribution in [0.15, 0.2) is 40.9 Å². The average molecular weight is 385 g/mol. The standard InChI is InChI=1S/C17H19BrClNO2/c1-11(2)22-17-15(18)8-12(9-16(17)21-3)10-20-14-6-4-13(19)5-7-14/h4-9,11,20H,10H2,1-3H3. The third kappa shape index (κ3) is 4.55. The number of rotatable bonds is 6. The molecule has 0 saturated carbocycles. The second-order valence-electron chi connectivity index (χ2n) is 5.14. The number of anilines is 1. The van der Waals surface area contributed by atoms with Crippen LogP contribution in [0, 0.1) is 0 Å². The van der Waals surface area contributed by atoms with Crippen LogP contribution in [0.3, 0.4) is 0 Å². The Morgan fingerprint density at radius 2 is 1.86 bits per heavy atom. The smallest absolute Gasteiger partial charge is 0.175 e. The van der Waals surface area contributed by atoms with Crippen LogP contribution >= 0.6 is 27.5 Å². The van der Waals surface area contributed by atoms with Crippen LogP contribution in [0.1, 0.15) is 19.4 Å². The molecule has 2 aromatic carbocycles. The Kier molecular flexibility index (Phi) is 5.98. The molecular formula is C17H19BrClNO2. The Labute approximate surface area is 144 Å². The van der Waals surface area contributed by atoms with Gasteiger partial charge >= 0.3 is 0 Å². The van der Waals surface area contributed by atoms with E-state index in [-0.39, 0.29) is 6.10 Å². The second kappa shape index (κ2) is 7.75. The molecule has 0 heterocycles. The molecule has 0 amide bonds. The molecule has 0 bridgehead atoms. The summed E-state index contributed by atoms with van der Waals surface area (Å²) in [4.78, 5) is 0. The number of hydrogen-bond acceptors (Lipinski definition) is 3. The Balaban J connectivity index is 2.14. The molecule has 0 saturated heterocycles. The fourth-order valence-electron chi connectivity index (χ4n) is 2.00. The van der Waals surface area contributed by atoms with Crippen LogP contribution in [-0.4, -0.2) is 13.2 Å². The molecule has 0 unspecified atom stereocenters. The van der Waals surface area contributed by atoms with Crippen molar-refractivity contribution >= 4 is 33.2 Å². The number of nitrogens with one attached hydrogen (secondary N) is 1. The fourth-order valence-corrected chi connectivity index (χ4v) is 2.71. The summed E-state index contributed by atoms with van der Waals surface area (Å²) >= 11 is 9.44. The van der Waals surface area contributed by atoms with Crippen LogP contribution in [0.2, 0.25) is 5.02 Å². The molecule has 0 fully saturated rings. The molecule has 3 nitrogen and oxygen atoms in total. The lowest BCUT2D eigenvalue weighted by Crippen LogP contribution is -2.08. The highest BCUT2D eigenvalue weighted by Crippen LogP contribution is 2.37. The summed E-state index contributed by atoms with van der Waals surface area (Å²) in [5, 5.41) is 4.08. The van der Waals surface area contributed by atoms with Crippen molar-refractivity contribution in [3.63, 3.8) is 0 Å². The molecule has 0 atom stereocenters. The molecular weight excluding hydrogens is 366 g/mol. The lowest BCUT2D eigenvalue weighted by Gasteiger charge is -2.17. The van der Waals surface area contributed by atoms with Crippen molar-refractivity contribution in [2.24, 2.45) is 0 Å². The third-order valence-corrected chi connectivity index (χ3v) is 3.82. The first-order chi connectivity index (χ1) is 10.5. The predicted octanol–water partition coefficient (Wildman–Crippen LogP) is 5.51. The molecule has 118 valence electrons. The van der Waals surface area contributed by atoms with Crippen molar-refractivity contribution < 1.29 is 9.47 Å². The first kappa shape index (κ1) is 17.0. The van der Waals surface area contributed by atoms with Crippen LogP contribution in [0.5, 0.6) is 11.5 Å². The quantitative estimate of drug-likeness (QED) is 0.712. The monoisotopic (exact) mass is 383 g/mol. The summed E-state index contributed by atoms with van der Waals surface area (Å²) in [5.74, 6) is 1.45. The van der Waals surface area contributed by atoms with Crippen LogP contribution in [0.25, 0.3) is 0 Å². The zero-order valence-electron chi connectivity index (χ0n) is 12.8. The zero-order valence-corrected chi connectivity index (χ0v) is 15.2. The van der Waals surface area contributed by atoms with Gasteiger partial charge < -0.3 is 14.8 Å². The van der Waals surface area contributed by atoms with Gasteiger partial charge in [-0.15, -0.1) is 0 Å². The molecule has 1 N–H and O–H groups in total. The summed E-state index contributed by atoms with van der Waals surface area (Å²) < 4.78 is 12.1. The molecule has 2 rings (SSSR count). The molecule has 0 aliphatic rings. The van der Waals surface area contributed by atoms with Crippen molar-refractivity contribution in [2.45, 2.75) is 26.5 Å². The van der Waals surface area contributed by atoms with Crippen molar-refractivity contribution in [2.75, 3.05) is 12.4 Å². The minimum Gasteiger partial charge on any atom is -0.493 e. The maximum absolute atomic E-state index is 5.88. The average Bonchev–Trinajstić information content (AvgIpc) is 2.48. The van der Waals surface area contributed by atoms with Crippen molar-refractivity contribution in [1.82, 2.24) is 0 Å². The molecule has 5 heteroatoms. The van der Waals surface area contributed by atoms with Crippen molar-refractivity contribution in [3.8, 4) is 11.5 Å². The van der Waals surface area contributed by atoms with E-state index in [0.29, 0.717) is 6.54 Å². The highest BCUT2D eigenvalue weighted by molar-refractivity contribution is 9.10. The van der Waals surface area contributed by atoms with Gasteiger partial charge in [0, 0.05) is 17.3 Å². The Bertz CT molecular complexity index is 629. The van der Waals surface area contributed by atoms with E-state index < -0.39 is 0 Å². The largest absolute Gasteiger partial charge is 0.493 e. The summed E-state index contributed by atoms with van der Waals surface area (Å²) in [5.41, 5.74) is 2.11. The molecule has 0 aliphatic carbocycles. The lowest BCUT2D eigenvalue weighted by molar-refractivity contribution is 0.228. The number of halogens is 2. The maximum Gasteiger partial charge on any atom is 0.175 e. The van der Waals surface area contributed by atoms with E-state index in [1.165, 1.54) is 0 Å². The molecule has 0 radical (unpaired) electrons. The first-order valence-corrected chi connectivity index (χ1v) is 8.19. The van der Waals surface area contributed by atoms with Gasteiger partial charge in [0.15, 0.2) is 11.5 Å². The minimum absolute atomic E-state index is 0.0863. The van der Waals surface area contributed by atoms with Crippen molar-refractivity contribution in [1.29, 1.82) is 0 Å². The zero-order chi connectivity index (χ0) is 16.1. The number of methoxy groups -OCH3 is 1. The topological polar surface area (TPSA) is 30.5 Å². The number of benzene rings is 2. The predicted molar refractivity (Wildman–Crippen MR) is 95.2 cm³/mol. The fraction of sp³-hybridized carbons (Fsp3) is 0.294. The third-order valence-electron chi connectivity index (χ3n) is 2.98. The van der Waals surface area contributed by atoms with Gasteiger partial charge in [-0.3, -0.25) is 0 Å². The van der Waals surface area contributed by atoms with E-state index in [9.17, 15) is 0 Å². The van der Waals surface area contributed by atoms with Crippen LogP contribution < -0.4 is 14.8 Å². The second-order valence-corrected chi connectivity index (χ2v) is 6.43. The van der Waals surface area contributed by atoms with Gasteiger partial charge in [-0.1, -0.05) is 11.6 Å². The molecule has 0 aromatic heterocycles. The van der Waals surface area contributed by atoms with Gasteiger partial charge in [0.05, 0.1) is 17.7 Å². The van der Waals surface area contributed by atoms with Gasteiger partial charge in [-0.2, -0.15) is 0 Å². The van der Waals surface area contributed by atoms with Crippen LogP contribution in [0.4, 0.5) is 5.69 Å². The normalized spacial score (nSPS) is 10.6. The van der Waals surface area contributed by atoms with Crippen molar-refractivity contribution in [3.05, 3.63) is 51.5 Å². The van der Waals surface area contributed by atoms with E-state index in [2.05, 4.69) is 21.2 Å². The molecule has 2 aromatic rings. The first-order valence-electron chi connectivity index (χ1n) is 7.02. The van der Waals surface area contributed by atoms with Gasteiger partial charge in [-0.05, 0) is 71.7 Å². The molecule has 0 spiro atoms. The van der Waals surface area contributed by atoms with E-state index in [1.807, 2.05) is 50.2 Å². The Hall–Kier alpha value is -1.39. The number of hydrogen-bond donors (Lipinski definition) is 1. The Morgan fingerprint density at radius 3 is 2.45 bits per heavy atom. The highest BCUT2D eigenvalue weighted by atomic mass is 79.9. The van der Waals surface area contributed by atoms with E-state index >= 15 is 0 Å². The minimum atomic E-state index is 0.0863. The maximum atomic E-state index is 5.88. The summed E-state index contributed by atoms with van der Waals surface area (Å²) in [7, 11) is 1.64. The van der Waals surface area contributed by atoms with Gasteiger partial charge in [0.1, 0.15) is 0 Å². The Morgan fingerprint density at radius 1 is 1.18 bits per heavy atom. The molecule has 22 heavy (non-hydrogen) atoms. The van der Waals surface area contributed by atoms with Gasteiger partial charge in [-0.25, -0.2) is 0 Å². The summed E-state index contributed by atoms with van der Waals surface area (Å²) in [6.07, 6.45) is 0.0863. The lowest BCUT2D eigenvalue weighted by atomic mass is 10.2. The van der Waals surface area contributed by atoms with Gasteiger partial charge in [0.25, 0.3) is 0 Å². The van der Waals surface area contributed by atoms with Gasteiger partial charge in [0.2, 0.25) is 0 Å². The molecule has 0 aliphatic heterocycles. The van der Waals surface area contributed by atoms with E-state index in [1.54, 1.807) is 7.11 Å². The number of ether oxygens (including phenoxy) is 2. The SMILES string of the molecule is COc1cc(CNc2ccc(Cl)cc2)cc(Br)c1OC(C)C. The van der Waals surface area contributed by atoms with E-state index in [0.717, 1.165) is 32.2 Å². The highest BCUT2D eigenvalue weighted by Gasteiger charge is 2.13. The van der Waals surface area contributed by atoms with E-state index in [4.69, 9.17) is 21.1 Å². The summed E-state index contributed by atoms with van der Waals surface area (Å²) in [6, 6.07) is 11.6. The van der Waals surface area contributed by atoms with Crippen LogP contribution in [-0.2, 0) is 6.54 Å². The summed E-state index contributed by atoms with van der Waals surface area (Å²) in [6.45, 7) is 4.66.